The van der Waals surface area contributed by atoms with Crippen molar-refractivity contribution in [1.82, 2.24) is 9.97 Å². The largest absolute Gasteiger partial charge is 0.354 e. The van der Waals surface area contributed by atoms with Crippen molar-refractivity contribution in [2.45, 2.75) is 0 Å². The number of amides is 2. The first-order chi connectivity index (χ1) is 12.2. The Morgan fingerprint density at radius 2 is 1.38 bits per heavy atom. The predicted molar refractivity (Wildman–Crippen MR) is 103 cm³/mol. The molecule has 4 radical (unpaired) electrons. The first-order valence-electron chi connectivity index (χ1n) is 7.97. The van der Waals surface area contributed by atoms with Crippen molar-refractivity contribution in [2.24, 2.45) is 0 Å². The van der Waals surface area contributed by atoms with Gasteiger partial charge in [-0.05, 0) is 24.3 Å². The summed E-state index contributed by atoms with van der Waals surface area (Å²) in [5.41, 5.74) is 2.85. The number of H-pyrrole nitrogens is 2. The number of hydrogen-bond donors (Lipinski definition) is 2. The van der Waals surface area contributed by atoms with Gasteiger partial charge in [-0.3, -0.25) is 9.59 Å². The molecule has 6 heteroatoms. The molecule has 26 heavy (non-hydrogen) atoms. The van der Waals surface area contributed by atoms with E-state index in [2.05, 4.69) is 9.97 Å². The average molecular weight is 535 g/mol. The predicted octanol–water partition coefficient (Wildman–Crippen LogP) is 3.23. The van der Waals surface area contributed by atoms with E-state index in [0.717, 1.165) is 21.8 Å². The number of aromatic amines is 2. The van der Waals surface area contributed by atoms with E-state index < -0.39 is 0 Å². The van der Waals surface area contributed by atoms with Crippen molar-refractivity contribution in [3.8, 4) is 0 Å². The van der Waals surface area contributed by atoms with Gasteiger partial charge in [-0.15, -0.1) is 0 Å². The van der Waals surface area contributed by atoms with Crippen molar-refractivity contribution >= 4 is 72.3 Å². The minimum atomic E-state index is -0.342. The molecular formula is C20H13N3O2Pb. The van der Waals surface area contributed by atoms with Gasteiger partial charge in [0.2, 0.25) is 0 Å². The summed E-state index contributed by atoms with van der Waals surface area (Å²) < 4.78 is 0. The molecule has 2 N–H and O–H groups in total. The standard InChI is InChI=1S/C20H13N3O2.Pb/c24-19-11-14(17-9-12-5-1-3-7-15(12)21-17)20(25)23(19)18-10-13-6-2-4-8-16(13)22-18;/h1-11,21-22H;. The molecule has 3 heterocycles. The topological polar surface area (TPSA) is 69.0 Å². The Morgan fingerprint density at radius 3 is 2.04 bits per heavy atom. The van der Waals surface area contributed by atoms with Gasteiger partial charge < -0.3 is 9.97 Å². The van der Waals surface area contributed by atoms with Gasteiger partial charge in [0.05, 0.1) is 11.3 Å². The number of carbonyl (C=O) groups is 2. The van der Waals surface area contributed by atoms with Gasteiger partial charge in [0.15, 0.2) is 0 Å². The van der Waals surface area contributed by atoms with E-state index in [1.807, 2.05) is 60.7 Å². The number of rotatable bonds is 2. The maximum absolute atomic E-state index is 12.9. The van der Waals surface area contributed by atoms with Crippen LogP contribution < -0.4 is 4.90 Å². The molecule has 2 amide bonds. The van der Waals surface area contributed by atoms with E-state index in [1.54, 1.807) is 0 Å². The Morgan fingerprint density at radius 1 is 0.769 bits per heavy atom. The molecule has 0 bridgehead atoms. The van der Waals surface area contributed by atoms with Crippen molar-refractivity contribution in [3.63, 3.8) is 0 Å². The smallest absolute Gasteiger partial charge is 0.268 e. The van der Waals surface area contributed by atoms with Gasteiger partial charge in [0, 0.05) is 55.2 Å². The Hall–Kier alpha value is -2.68. The number of benzene rings is 2. The molecule has 5 nitrogen and oxygen atoms in total. The van der Waals surface area contributed by atoms with Crippen molar-refractivity contribution in [2.75, 3.05) is 4.90 Å². The van der Waals surface area contributed by atoms with Crippen molar-refractivity contribution in [1.29, 1.82) is 0 Å². The normalized spacial score (nSPS) is 14.2. The zero-order valence-electron chi connectivity index (χ0n) is 13.6. The maximum Gasteiger partial charge on any atom is 0.268 e. The number of nitrogens with zero attached hydrogens (tertiary/aromatic N) is 1. The summed E-state index contributed by atoms with van der Waals surface area (Å²) >= 11 is 0. The van der Waals surface area contributed by atoms with Gasteiger partial charge >= 0.3 is 0 Å². The van der Waals surface area contributed by atoms with E-state index >= 15 is 0 Å². The van der Waals surface area contributed by atoms with E-state index in [4.69, 9.17) is 0 Å². The molecule has 4 aromatic rings. The van der Waals surface area contributed by atoms with Crippen LogP contribution in [0.25, 0.3) is 27.4 Å². The second-order valence-corrected chi connectivity index (χ2v) is 6.05. The zero-order chi connectivity index (χ0) is 17.0. The van der Waals surface area contributed by atoms with E-state index in [9.17, 15) is 9.59 Å². The summed E-state index contributed by atoms with van der Waals surface area (Å²) in [4.78, 5) is 32.9. The third-order valence-electron chi connectivity index (χ3n) is 4.50. The number of hydrogen-bond acceptors (Lipinski definition) is 2. The molecule has 0 spiro atoms. The molecular weight excluding hydrogens is 521 g/mol. The summed E-state index contributed by atoms with van der Waals surface area (Å²) in [6.07, 6.45) is 1.39. The fourth-order valence-corrected chi connectivity index (χ4v) is 3.29. The second-order valence-electron chi connectivity index (χ2n) is 6.05. The van der Waals surface area contributed by atoms with Crippen LogP contribution in [0.2, 0.25) is 0 Å². The summed E-state index contributed by atoms with van der Waals surface area (Å²) in [6.45, 7) is 0. The maximum atomic E-state index is 12.9. The minimum absolute atomic E-state index is 0. The summed E-state index contributed by atoms with van der Waals surface area (Å²) in [5, 5.41) is 1.96. The third kappa shape index (κ3) is 2.50. The molecule has 2 aromatic carbocycles. The van der Waals surface area contributed by atoms with Crippen LogP contribution in [0.3, 0.4) is 0 Å². The molecule has 0 saturated heterocycles. The van der Waals surface area contributed by atoms with Gasteiger partial charge in [-0.1, -0.05) is 36.4 Å². The zero-order valence-corrected chi connectivity index (χ0v) is 17.5. The molecule has 1 aliphatic heterocycles. The quantitative estimate of drug-likeness (QED) is 0.306. The van der Waals surface area contributed by atoms with Gasteiger partial charge in [0.1, 0.15) is 5.82 Å². The van der Waals surface area contributed by atoms with Crippen molar-refractivity contribution < 1.29 is 9.59 Å². The number of nitrogens with one attached hydrogen (secondary N) is 2. The number of para-hydroxylation sites is 2. The summed E-state index contributed by atoms with van der Waals surface area (Å²) in [5.74, 6) is -0.188. The molecule has 0 unspecified atom stereocenters. The Labute approximate surface area is 168 Å². The Kier molecular flexibility index (Phi) is 4.03. The second kappa shape index (κ2) is 6.24. The third-order valence-corrected chi connectivity index (χ3v) is 4.50. The van der Waals surface area contributed by atoms with Crippen LogP contribution in [0.5, 0.6) is 0 Å². The number of fused-ring (bicyclic) bond motifs is 2. The van der Waals surface area contributed by atoms with Crippen molar-refractivity contribution in [3.05, 3.63) is 72.4 Å². The van der Waals surface area contributed by atoms with E-state index in [1.165, 1.54) is 11.0 Å². The molecule has 1 aliphatic rings. The van der Waals surface area contributed by atoms with Gasteiger partial charge in [-0.2, -0.15) is 0 Å². The first-order valence-corrected chi connectivity index (χ1v) is 7.97. The fraction of sp³-hybridized carbons (Fsp3) is 0. The van der Waals surface area contributed by atoms with Gasteiger partial charge in [0.25, 0.3) is 11.8 Å². The molecule has 0 fully saturated rings. The molecule has 0 atom stereocenters. The molecule has 0 aliphatic carbocycles. The SMILES string of the molecule is O=C1C=C(c2cc3ccccc3[nH]2)C(=O)N1c1cc2ccccc2[nH]1.[Pb]. The van der Waals surface area contributed by atoms with E-state index in [0.29, 0.717) is 17.1 Å². The minimum Gasteiger partial charge on any atom is -0.354 e. The first kappa shape index (κ1) is 16.8. The van der Waals surface area contributed by atoms with Crippen LogP contribution in [0.15, 0.2) is 66.7 Å². The Bertz CT molecular complexity index is 1140. The van der Waals surface area contributed by atoms with Gasteiger partial charge in [-0.25, -0.2) is 4.90 Å². The molecule has 124 valence electrons. The van der Waals surface area contributed by atoms with Crippen LogP contribution in [-0.4, -0.2) is 49.1 Å². The number of imide groups is 1. The number of aromatic nitrogens is 2. The number of anilines is 1. The summed E-state index contributed by atoms with van der Waals surface area (Å²) in [7, 11) is 0. The van der Waals surface area contributed by atoms with Crippen LogP contribution in [0, 0.1) is 0 Å². The summed E-state index contributed by atoms with van der Waals surface area (Å²) in [6, 6.07) is 19.1. The van der Waals surface area contributed by atoms with Crippen LogP contribution in [0.4, 0.5) is 5.82 Å². The van der Waals surface area contributed by atoms with E-state index in [-0.39, 0.29) is 39.1 Å². The molecule has 2 aromatic heterocycles. The fourth-order valence-electron chi connectivity index (χ4n) is 3.29. The van der Waals surface area contributed by atoms with Crippen LogP contribution in [-0.2, 0) is 9.59 Å². The average Bonchev–Trinajstić information content (AvgIpc) is 3.29. The molecule has 5 rings (SSSR count). The molecule has 0 saturated carbocycles. The van der Waals surface area contributed by atoms with Crippen LogP contribution in [0.1, 0.15) is 5.69 Å². The van der Waals surface area contributed by atoms with Crippen LogP contribution >= 0.6 is 0 Å². The Balaban J connectivity index is 0.00000168. The monoisotopic (exact) mass is 535 g/mol. The number of carbonyl (C=O) groups excluding carboxylic acids is 2.